The van der Waals surface area contributed by atoms with Crippen LogP contribution in [0.5, 0.6) is 0 Å². The van der Waals surface area contributed by atoms with Gasteiger partial charge in [0.1, 0.15) is 0 Å². The normalized spacial score (nSPS) is 12.5. The lowest BCUT2D eigenvalue weighted by molar-refractivity contribution is 0.0687. The molecule has 9 nitrogen and oxygen atoms in total. The maximum absolute atomic E-state index is 11.8. The van der Waals surface area contributed by atoms with Gasteiger partial charge in [-0.15, -0.1) is 11.3 Å². The molecular weight excluding hydrogens is 318 g/mol. The Hall–Kier alpha value is -1.08. The van der Waals surface area contributed by atoms with Gasteiger partial charge < -0.3 is 5.11 Å². The molecule has 1 aromatic heterocycles. The van der Waals surface area contributed by atoms with Gasteiger partial charge in [0.15, 0.2) is 9.90 Å². The van der Waals surface area contributed by atoms with Gasteiger partial charge in [-0.1, -0.05) is 0 Å². The molecule has 0 spiro atoms. The lowest BCUT2D eigenvalue weighted by Crippen LogP contribution is -2.34. The molecule has 0 fully saturated rings. The van der Waals surface area contributed by atoms with Gasteiger partial charge >= 0.3 is 5.97 Å². The summed E-state index contributed by atoms with van der Waals surface area (Å²) in [6, 6.07) is 0. The molecule has 1 heterocycles. The molecule has 1 aromatic rings. The van der Waals surface area contributed by atoms with E-state index in [0.29, 0.717) is 11.3 Å². The fourth-order valence-corrected chi connectivity index (χ4v) is 3.74. The summed E-state index contributed by atoms with van der Waals surface area (Å²) in [5, 5.41) is 8.76. The van der Waals surface area contributed by atoms with E-state index in [1.165, 1.54) is 0 Å². The summed E-state index contributed by atoms with van der Waals surface area (Å²) in [7, 11) is -7.43. The molecular formula is C7H11N3O6S3. The van der Waals surface area contributed by atoms with E-state index < -0.39 is 35.9 Å². The van der Waals surface area contributed by atoms with E-state index in [1.54, 1.807) is 0 Å². The predicted octanol–water partition coefficient (Wildman–Crippen LogP) is -1.33. The van der Waals surface area contributed by atoms with Crippen LogP contribution in [0.15, 0.2) is 9.72 Å². The molecule has 0 aromatic carbocycles. The molecule has 108 valence electrons. The van der Waals surface area contributed by atoms with Crippen LogP contribution in [0.1, 0.15) is 10.5 Å². The Labute approximate surface area is 113 Å². The minimum absolute atomic E-state index is 0.140. The number of rotatable bonds is 7. The van der Waals surface area contributed by atoms with Gasteiger partial charge in [0.25, 0.3) is 10.0 Å². The first-order valence-corrected chi connectivity index (χ1v) is 9.00. The van der Waals surface area contributed by atoms with Gasteiger partial charge in [-0.05, 0) is 0 Å². The molecule has 0 amide bonds. The van der Waals surface area contributed by atoms with Crippen LogP contribution < -0.4 is 9.44 Å². The Bertz CT molecular complexity index is 662. The van der Waals surface area contributed by atoms with E-state index >= 15 is 0 Å². The van der Waals surface area contributed by atoms with E-state index in [2.05, 4.69) is 14.4 Å². The van der Waals surface area contributed by atoms with Crippen LogP contribution in [-0.4, -0.2) is 52.2 Å². The predicted molar refractivity (Wildman–Crippen MR) is 67.1 cm³/mol. The number of hydrogen-bond acceptors (Lipinski definition) is 7. The first-order valence-electron chi connectivity index (χ1n) is 4.74. The van der Waals surface area contributed by atoms with E-state index in [0.717, 1.165) is 11.8 Å². The highest BCUT2D eigenvalue weighted by atomic mass is 32.2. The quantitative estimate of drug-likeness (QED) is 0.526. The second-order valence-electron chi connectivity index (χ2n) is 3.36. The lowest BCUT2D eigenvalue weighted by atomic mass is 10.5. The van der Waals surface area contributed by atoms with Gasteiger partial charge in [-0.2, -0.15) is 0 Å². The van der Waals surface area contributed by atoms with Gasteiger partial charge in [-0.3, -0.25) is 0 Å². The van der Waals surface area contributed by atoms with Crippen molar-refractivity contribution in [3.8, 4) is 0 Å². The largest absolute Gasteiger partial charge is 0.476 e. The zero-order chi connectivity index (χ0) is 14.7. The SMILES string of the molecule is CS(=O)(=O)NCCNS(=O)(=O)c1scnc1C(=O)O. The smallest absolute Gasteiger partial charge is 0.356 e. The third-order valence-electron chi connectivity index (χ3n) is 1.76. The Morgan fingerprint density at radius 2 is 1.89 bits per heavy atom. The second kappa shape index (κ2) is 5.92. The van der Waals surface area contributed by atoms with Crippen molar-refractivity contribution in [3.63, 3.8) is 0 Å². The van der Waals surface area contributed by atoms with Crippen LogP contribution in [0, 0.1) is 0 Å². The number of thiazole rings is 1. The molecule has 1 rings (SSSR count). The lowest BCUT2D eigenvalue weighted by Gasteiger charge is -2.05. The Morgan fingerprint density at radius 1 is 1.32 bits per heavy atom. The number of carboxylic acid groups (broad SMARTS) is 1. The molecule has 0 saturated heterocycles. The minimum Gasteiger partial charge on any atom is -0.476 e. The fraction of sp³-hybridized carbons (Fsp3) is 0.429. The molecule has 0 bridgehead atoms. The topological polar surface area (TPSA) is 143 Å². The van der Waals surface area contributed by atoms with Crippen molar-refractivity contribution < 1.29 is 26.7 Å². The van der Waals surface area contributed by atoms with Crippen molar-refractivity contribution in [2.75, 3.05) is 19.3 Å². The highest BCUT2D eigenvalue weighted by molar-refractivity contribution is 7.91. The number of carboxylic acids is 1. The number of hydrogen-bond donors (Lipinski definition) is 3. The van der Waals surface area contributed by atoms with Crippen LogP contribution in [0.3, 0.4) is 0 Å². The van der Waals surface area contributed by atoms with Gasteiger partial charge in [-0.25, -0.2) is 36.1 Å². The zero-order valence-electron chi connectivity index (χ0n) is 9.65. The first-order chi connectivity index (χ1) is 8.63. The highest BCUT2D eigenvalue weighted by Crippen LogP contribution is 2.19. The Morgan fingerprint density at radius 3 is 2.42 bits per heavy atom. The van der Waals surface area contributed by atoms with Crippen molar-refractivity contribution in [2.45, 2.75) is 4.21 Å². The monoisotopic (exact) mass is 329 g/mol. The van der Waals surface area contributed by atoms with Crippen molar-refractivity contribution >= 4 is 37.4 Å². The van der Waals surface area contributed by atoms with E-state index in [1.807, 2.05) is 0 Å². The van der Waals surface area contributed by atoms with Crippen LogP contribution in [-0.2, 0) is 20.0 Å². The minimum atomic E-state index is -4.02. The highest BCUT2D eigenvalue weighted by Gasteiger charge is 2.25. The maximum Gasteiger partial charge on any atom is 0.356 e. The average Bonchev–Trinajstić information content (AvgIpc) is 2.72. The average molecular weight is 329 g/mol. The van der Waals surface area contributed by atoms with Crippen molar-refractivity contribution in [2.24, 2.45) is 0 Å². The standard InChI is InChI=1S/C7H11N3O6S3/c1-18(13,14)9-2-3-10-19(15,16)7-5(6(11)12)8-4-17-7/h4,9-10H,2-3H2,1H3,(H,11,12). The van der Waals surface area contributed by atoms with Gasteiger partial charge in [0.2, 0.25) is 10.0 Å². The number of sulfonamides is 2. The van der Waals surface area contributed by atoms with Crippen molar-refractivity contribution in [1.82, 2.24) is 14.4 Å². The van der Waals surface area contributed by atoms with Gasteiger partial charge in [0, 0.05) is 13.1 Å². The fourth-order valence-electron chi connectivity index (χ4n) is 1.06. The molecule has 19 heavy (non-hydrogen) atoms. The summed E-state index contributed by atoms with van der Waals surface area (Å²) in [5.74, 6) is -1.45. The summed E-state index contributed by atoms with van der Waals surface area (Å²) in [4.78, 5) is 14.2. The second-order valence-corrected chi connectivity index (χ2v) is 8.01. The summed E-state index contributed by atoms with van der Waals surface area (Å²) < 4.78 is 48.8. The third kappa shape index (κ3) is 4.83. The summed E-state index contributed by atoms with van der Waals surface area (Å²) in [5.41, 5.74) is 0.542. The summed E-state index contributed by atoms with van der Waals surface area (Å²) in [6.07, 6.45) is 0.938. The van der Waals surface area contributed by atoms with E-state index in [4.69, 9.17) is 5.11 Å². The summed E-state index contributed by atoms with van der Waals surface area (Å²) in [6.45, 7) is -0.342. The Balaban J connectivity index is 2.72. The molecule has 0 radical (unpaired) electrons. The van der Waals surface area contributed by atoms with Crippen molar-refractivity contribution in [3.05, 3.63) is 11.2 Å². The van der Waals surface area contributed by atoms with Crippen LogP contribution in [0.25, 0.3) is 0 Å². The maximum atomic E-state index is 11.8. The van der Waals surface area contributed by atoms with Gasteiger partial charge in [0.05, 0.1) is 11.8 Å². The number of aromatic nitrogens is 1. The molecule has 0 aliphatic rings. The molecule has 0 atom stereocenters. The number of carbonyl (C=O) groups is 1. The molecule has 12 heteroatoms. The molecule has 0 aliphatic carbocycles. The van der Waals surface area contributed by atoms with Crippen LogP contribution in [0.4, 0.5) is 0 Å². The van der Waals surface area contributed by atoms with Crippen LogP contribution >= 0.6 is 11.3 Å². The number of nitrogens with one attached hydrogen (secondary N) is 2. The van der Waals surface area contributed by atoms with E-state index in [9.17, 15) is 21.6 Å². The van der Waals surface area contributed by atoms with Crippen molar-refractivity contribution in [1.29, 1.82) is 0 Å². The zero-order valence-corrected chi connectivity index (χ0v) is 12.1. The van der Waals surface area contributed by atoms with E-state index in [-0.39, 0.29) is 13.1 Å². The summed E-state index contributed by atoms with van der Waals surface area (Å²) >= 11 is 0.667. The Kier molecular flexibility index (Phi) is 4.98. The van der Waals surface area contributed by atoms with Crippen LogP contribution in [0.2, 0.25) is 0 Å². The number of nitrogens with zero attached hydrogens (tertiary/aromatic N) is 1. The first kappa shape index (κ1) is 16.0. The molecule has 3 N–H and O–H groups in total. The number of aromatic carboxylic acids is 1. The molecule has 0 unspecified atom stereocenters. The molecule has 0 aliphatic heterocycles. The molecule has 0 saturated carbocycles. The third-order valence-corrected chi connectivity index (χ3v) is 5.32.